The van der Waals surface area contributed by atoms with Crippen LogP contribution in [0, 0.1) is 5.92 Å². The number of hydrogen-bond donors (Lipinski definition) is 1. The largest absolute Gasteiger partial charge is 0.493 e. The van der Waals surface area contributed by atoms with Crippen molar-refractivity contribution in [3.8, 4) is 17.2 Å². The predicted molar refractivity (Wildman–Crippen MR) is 123 cm³/mol. The molecular weight excluding hydrogens is 410 g/mol. The van der Waals surface area contributed by atoms with Crippen LogP contribution in [-0.4, -0.2) is 74.8 Å². The molecule has 3 rings (SSSR count). The van der Waals surface area contributed by atoms with Crippen molar-refractivity contribution >= 4 is 11.9 Å². The molecule has 1 N–H and O–H groups in total. The van der Waals surface area contributed by atoms with Gasteiger partial charge in [0.1, 0.15) is 0 Å². The maximum absolute atomic E-state index is 13.5. The first kappa shape index (κ1) is 24.0. The minimum Gasteiger partial charge on any atom is -0.493 e. The van der Waals surface area contributed by atoms with Gasteiger partial charge in [-0.25, -0.2) is 4.79 Å². The molecule has 178 valence electrons. The minimum absolute atomic E-state index is 0.120. The van der Waals surface area contributed by atoms with Crippen molar-refractivity contribution in [2.24, 2.45) is 5.92 Å². The van der Waals surface area contributed by atoms with E-state index in [0.717, 1.165) is 37.9 Å². The van der Waals surface area contributed by atoms with Gasteiger partial charge in [0.25, 0.3) is 0 Å². The number of methoxy groups -OCH3 is 3. The summed E-state index contributed by atoms with van der Waals surface area (Å²) < 4.78 is 16.5. The molecule has 0 saturated carbocycles. The van der Waals surface area contributed by atoms with Gasteiger partial charge in [0.15, 0.2) is 11.5 Å². The molecule has 3 amide bonds. The van der Waals surface area contributed by atoms with Crippen LogP contribution in [0.5, 0.6) is 17.2 Å². The number of likely N-dealkylation sites (tertiary alicyclic amines) is 2. The Morgan fingerprint density at radius 3 is 2.00 bits per heavy atom. The van der Waals surface area contributed by atoms with Gasteiger partial charge in [-0.2, -0.15) is 0 Å². The van der Waals surface area contributed by atoms with Crippen molar-refractivity contribution in [2.45, 2.75) is 51.5 Å². The zero-order chi connectivity index (χ0) is 23.5. The average Bonchev–Trinajstić information content (AvgIpc) is 3.22. The van der Waals surface area contributed by atoms with Crippen molar-refractivity contribution in [1.82, 2.24) is 15.1 Å². The Morgan fingerprint density at radius 2 is 1.50 bits per heavy atom. The van der Waals surface area contributed by atoms with Crippen LogP contribution >= 0.6 is 0 Å². The average molecular weight is 448 g/mol. The van der Waals surface area contributed by atoms with E-state index in [0.29, 0.717) is 30.3 Å². The van der Waals surface area contributed by atoms with E-state index in [4.69, 9.17) is 14.2 Å². The Labute approximate surface area is 191 Å². The fraction of sp³-hybridized carbons (Fsp3) is 0.667. The van der Waals surface area contributed by atoms with Crippen molar-refractivity contribution in [3.63, 3.8) is 0 Å². The van der Waals surface area contributed by atoms with E-state index >= 15 is 0 Å². The van der Waals surface area contributed by atoms with E-state index < -0.39 is 0 Å². The zero-order valence-corrected chi connectivity index (χ0v) is 20.2. The Hall–Kier alpha value is -2.64. The molecule has 0 bridgehead atoms. The van der Waals surface area contributed by atoms with E-state index in [1.165, 1.54) is 0 Å². The van der Waals surface area contributed by atoms with Gasteiger partial charge >= 0.3 is 6.03 Å². The van der Waals surface area contributed by atoms with Crippen LogP contribution in [0.3, 0.4) is 0 Å². The maximum atomic E-state index is 13.5. The lowest BCUT2D eigenvalue weighted by Gasteiger charge is -2.31. The second-order valence-corrected chi connectivity index (χ2v) is 9.64. The maximum Gasteiger partial charge on any atom is 0.317 e. The number of rotatable bonds is 5. The van der Waals surface area contributed by atoms with Crippen molar-refractivity contribution < 1.29 is 23.8 Å². The summed E-state index contributed by atoms with van der Waals surface area (Å²) in [6.07, 6.45) is 3.22. The molecule has 1 aromatic carbocycles. The summed E-state index contributed by atoms with van der Waals surface area (Å²) in [5, 5.41) is 3.03. The van der Waals surface area contributed by atoms with E-state index in [9.17, 15) is 9.59 Å². The molecule has 2 heterocycles. The lowest BCUT2D eigenvalue weighted by Crippen LogP contribution is -2.48. The van der Waals surface area contributed by atoms with E-state index in [2.05, 4.69) is 5.32 Å². The third kappa shape index (κ3) is 5.22. The highest BCUT2D eigenvalue weighted by atomic mass is 16.5. The first-order chi connectivity index (χ1) is 15.2. The highest BCUT2D eigenvalue weighted by Crippen LogP contribution is 2.43. The normalized spacial score (nSPS) is 21.3. The molecule has 2 saturated heterocycles. The number of amides is 3. The monoisotopic (exact) mass is 447 g/mol. The number of benzene rings is 1. The van der Waals surface area contributed by atoms with E-state index in [1.807, 2.05) is 37.8 Å². The molecule has 0 radical (unpaired) electrons. The molecule has 0 aromatic heterocycles. The summed E-state index contributed by atoms with van der Waals surface area (Å²) >= 11 is 0. The fourth-order valence-electron chi connectivity index (χ4n) is 4.62. The number of urea groups is 1. The van der Waals surface area contributed by atoms with E-state index in [1.54, 1.807) is 26.2 Å². The van der Waals surface area contributed by atoms with Gasteiger partial charge in [0, 0.05) is 37.6 Å². The highest BCUT2D eigenvalue weighted by Gasteiger charge is 2.43. The molecule has 2 aliphatic rings. The summed E-state index contributed by atoms with van der Waals surface area (Å²) in [6, 6.07) is 3.64. The highest BCUT2D eigenvalue weighted by molar-refractivity contribution is 5.83. The Balaban J connectivity index is 1.95. The zero-order valence-electron chi connectivity index (χ0n) is 20.2. The van der Waals surface area contributed by atoms with Crippen LogP contribution in [0.1, 0.15) is 51.5 Å². The Morgan fingerprint density at radius 1 is 0.906 bits per heavy atom. The standard InChI is InChI=1S/C24H37N3O5/c1-24(2,3)25-23(29)27-14-17(18(15-27)22(28)26-10-8-7-9-11-26)16-12-19(30-4)21(32-6)20(13-16)31-5/h12-13,17-18H,7-11,14-15H2,1-6H3,(H,25,29)/t17-,18-/m0/s1. The smallest absolute Gasteiger partial charge is 0.317 e. The number of ether oxygens (including phenoxy) is 3. The van der Waals surface area contributed by atoms with Gasteiger partial charge in [-0.3, -0.25) is 4.79 Å². The molecule has 0 unspecified atom stereocenters. The van der Waals surface area contributed by atoms with Gasteiger partial charge in [-0.15, -0.1) is 0 Å². The second kappa shape index (κ2) is 9.88. The number of nitrogens with one attached hydrogen (secondary N) is 1. The molecule has 2 fully saturated rings. The number of nitrogens with zero attached hydrogens (tertiary/aromatic N) is 2. The van der Waals surface area contributed by atoms with Crippen molar-refractivity contribution in [3.05, 3.63) is 17.7 Å². The van der Waals surface area contributed by atoms with Crippen LogP contribution in [0.25, 0.3) is 0 Å². The topological polar surface area (TPSA) is 80.3 Å². The number of carbonyl (C=O) groups is 2. The van der Waals surface area contributed by atoms with E-state index in [-0.39, 0.29) is 29.3 Å². The molecule has 1 aromatic rings. The lowest BCUT2D eigenvalue weighted by atomic mass is 9.87. The number of hydrogen-bond acceptors (Lipinski definition) is 5. The summed E-state index contributed by atoms with van der Waals surface area (Å²) in [4.78, 5) is 30.2. The molecule has 2 aliphatic heterocycles. The Kier molecular flexibility index (Phi) is 7.41. The second-order valence-electron chi connectivity index (χ2n) is 9.64. The third-order valence-electron chi connectivity index (χ3n) is 6.19. The van der Waals surface area contributed by atoms with Gasteiger partial charge in [-0.1, -0.05) is 0 Å². The third-order valence-corrected chi connectivity index (χ3v) is 6.19. The van der Waals surface area contributed by atoms with Crippen LogP contribution in [-0.2, 0) is 4.79 Å². The van der Waals surface area contributed by atoms with Crippen LogP contribution in [0.15, 0.2) is 12.1 Å². The molecular formula is C24H37N3O5. The molecule has 8 nitrogen and oxygen atoms in total. The molecule has 32 heavy (non-hydrogen) atoms. The van der Waals surface area contributed by atoms with Gasteiger partial charge in [-0.05, 0) is 57.7 Å². The van der Waals surface area contributed by atoms with Gasteiger partial charge in [0.05, 0.1) is 27.2 Å². The number of piperidine rings is 1. The SMILES string of the molecule is COc1cc([C@@H]2CN(C(=O)NC(C)(C)C)C[C@@H]2C(=O)N2CCCCC2)cc(OC)c1OC. The summed E-state index contributed by atoms with van der Waals surface area (Å²) in [5.74, 6) is 1.24. The van der Waals surface area contributed by atoms with Crippen molar-refractivity contribution in [2.75, 3.05) is 47.5 Å². The summed E-state index contributed by atoms with van der Waals surface area (Å²) in [5.41, 5.74) is 0.551. The summed E-state index contributed by atoms with van der Waals surface area (Å²) in [7, 11) is 4.72. The first-order valence-electron chi connectivity index (χ1n) is 11.3. The van der Waals surface area contributed by atoms with Crippen LogP contribution < -0.4 is 19.5 Å². The molecule has 2 atom stereocenters. The number of carbonyl (C=O) groups excluding carboxylic acids is 2. The summed E-state index contributed by atoms with van der Waals surface area (Å²) in [6.45, 7) is 8.26. The molecule has 8 heteroatoms. The molecule has 0 aliphatic carbocycles. The minimum atomic E-state index is -0.353. The first-order valence-corrected chi connectivity index (χ1v) is 11.3. The molecule has 0 spiro atoms. The fourth-order valence-corrected chi connectivity index (χ4v) is 4.62. The van der Waals surface area contributed by atoms with Crippen LogP contribution in [0.4, 0.5) is 4.79 Å². The quantitative estimate of drug-likeness (QED) is 0.750. The predicted octanol–water partition coefficient (Wildman–Crippen LogP) is 3.25. The van der Waals surface area contributed by atoms with Crippen molar-refractivity contribution in [1.29, 1.82) is 0 Å². The van der Waals surface area contributed by atoms with Gasteiger partial charge in [0.2, 0.25) is 11.7 Å². The lowest BCUT2D eigenvalue weighted by molar-refractivity contribution is -0.136. The van der Waals surface area contributed by atoms with Crippen LogP contribution in [0.2, 0.25) is 0 Å². The Bertz CT molecular complexity index is 804. The van der Waals surface area contributed by atoms with Gasteiger partial charge < -0.3 is 29.3 Å².